The van der Waals surface area contributed by atoms with Crippen LogP contribution in [0.15, 0.2) is 41.3 Å². The largest absolute Gasteiger partial charge is 0.354 e. The van der Waals surface area contributed by atoms with E-state index in [9.17, 15) is 14.4 Å². The molecule has 1 saturated carbocycles. The standard InChI is InChI=1S/C29H42N8O3.ClH/c1-4-23(30)25-21-17-34(18-22(21)25)11-9-19-5-7-20(8-6-19)37-12-10-24(33-28(37)40)32-27(39)36-15-13-35(14-16-36)26(38)29(2,3)31;/h5-8,10,12,21-23,25H,4,9,11,13-18,30-31H2,1-3H3,(H,32,33,39,40);1H/t21?,22?,23-,25?;/m0./s1. The molecule has 5 N–H and O–H groups in total. The first-order chi connectivity index (χ1) is 19.0. The maximum atomic E-state index is 12.7. The zero-order valence-electron chi connectivity index (χ0n) is 24.2. The number of piperidine rings is 1. The van der Waals surface area contributed by atoms with Crippen molar-refractivity contribution in [2.24, 2.45) is 29.2 Å². The Kier molecular flexibility index (Phi) is 9.42. The van der Waals surface area contributed by atoms with Crippen molar-refractivity contribution in [3.63, 3.8) is 0 Å². The minimum absolute atomic E-state index is 0. The van der Waals surface area contributed by atoms with Gasteiger partial charge in [0.15, 0.2) is 0 Å². The summed E-state index contributed by atoms with van der Waals surface area (Å²) >= 11 is 0. The molecule has 5 rings (SSSR count). The van der Waals surface area contributed by atoms with Crippen molar-refractivity contribution >= 4 is 30.2 Å². The van der Waals surface area contributed by atoms with Gasteiger partial charge in [0.25, 0.3) is 0 Å². The van der Waals surface area contributed by atoms with Crippen molar-refractivity contribution < 1.29 is 9.59 Å². The number of hydrogen-bond donors (Lipinski definition) is 3. The van der Waals surface area contributed by atoms with Gasteiger partial charge in [0.05, 0.1) is 11.2 Å². The topological polar surface area (TPSA) is 143 Å². The summed E-state index contributed by atoms with van der Waals surface area (Å²) in [7, 11) is 0. The maximum absolute atomic E-state index is 12.7. The number of halogens is 1. The Labute approximate surface area is 247 Å². The molecule has 12 heteroatoms. The Morgan fingerprint density at radius 3 is 2.22 bits per heavy atom. The number of piperazine rings is 1. The molecule has 224 valence electrons. The van der Waals surface area contributed by atoms with Crippen LogP contribution in [0.5, 0.6) is 0 Å². The second kappa shape index (κ2) is 12.5. The van der Waals surface area contributed by atoms with Crippen LogP contribution in [0.3, 0.4) is 0 Å². The lowest BCUT2D eigenvalue weighted by molar-refractivity contribution is -0.137. The minimum Gasteiger partial charge on any atom is -0.338 e. The second-order valence-corrected chi connectivity index (χ2v) is 12.0. The molecular formula is C29H43ClN8O3. The fraction of sp³-hybridized carbons (Fsp3) is 0.586. The molecule has 1 aromatic heterocycles. The first kappa shape index (κ1) is 31.0. The number of nitrogens with two attached hydrogens (primary N) is 2. The first-order valence-electron chi connectivity index (χ1n) is 14.4. The monoisotopic (exact) mass is 586 g/mol. The van der Waals surface area contributed by atoms with Crippen LogP contribution in [0, 0.1) is 17.8 Å². The lowest BCUT2D eigenvalue weighted by atomic mass is 10.1. The van der Waals surface area contributed by atoms with Crippen molar-refractivity contribution in [1.82, 2.24) is 24.3 Å². The predicted octanol–water partition coefficient (Wildman–Crippen LogP) is 1.53. The molecular weight excluding hydrogens is 544 g/mol. The molecule has 3 fully saturated rings. The van der Waals surface area contributed by atoms with Crippen LogP contribution < -0.4 is 22.5 Å². The van der Waals surface area contributed by atoms with E-state index in [0.717, 1.165) is 55.9 Å². The molecule has 3 aliphatic rings. The van der Waals surface area contributed by atoms with E-state index in [0.29, 0.717) is 32.2 Å². The Morgan fingerprint density at radius 1 is 1.05 bits per heavy atom. The molecule has 2 aliphatic heterocycles. The number of aromatic nitrogens is 2. The highest BCUT2D eigenvalue weighted by molar-refractivity contribution is 5.89. The predicted molar refractivity (Wildman–Crippen MR) is 161 cm³/mol. The number of likely N-dealkylation sites (tertiary alicyclic amines) is 1. The lowest BCUT2D eigenvalue weighted by Gasteiger charge is -2.37. The molecule has 0 spiro atoms. The van der Waals surface area contributed by atoms with Gasteiger partial charge in [-0.15, -0.1) is 12.4 Å². The minimum atomic E-state index is -0.944. The van der Waals surface area contributed by atoms with Gasteiger partial charge in [0.2, 0.25) is 5.91 Å². The number of nitrogens with one attached hydrogen (secondary N) is 1. The summed E-state index contributed by atoms with van der Waals surface area (Å²) in [5.74, 6) is 2.35. The highest BCUT2D eigenvalue weighted by Gasteiger charge is 2.57. The number of benzene rings is 1. The van der Waals surface area contributed by atoms with Gasteiger partial charge < -0.3 is 26.2 Å². The van der Waals surface area contributed by atoms with Crippen molar-refractivity contribution in [3.05, 3.63) is 52.6 Å². The van der Waals surface area contributed by atoms with E-state index in [1.54, 1.807) is 35.9 Å². The first-order valence-corrected chi connectivity index (χ1v) is 14.4. The number of amides is 3. The summed E-state index contributed by atoms with van der Waals surface area (Å²) in [4.78, 5) is 47.7. The number of carbonyl (C=O) groups is 2. The molecule has 3 amide bonds. The number of urea groups is 1. The number of nitrogens with zero attached hydrogens (tertiary/aromatic N) is 5. The summed E-state index contributed by atoms with van der Waals surface area (Å²) in [5, 5.41) is 2.70. The van der Waals surface area contributed by atoms with Gasteiger partial charge in [0.1, 0.15) is 5.82 Å². The molecule has 1 aromatic carbocycles. The van der Waals surface area contributed by atoms with Crippen molar-refractivity contribution in [1.29, 1.82) is 0 Å². The summed E-state index contributed by atoms with van der Waals surface area (Å²) in [6, 6.07) is 9.58. The lowest BCUT2D eigenvalue weighted by Crippen LogP contribution is -2.58. The normalized spacial score (nSPS) is 23.0. The van der Waals surface area contributed by atoms with Crippen molar-refractivity contribution in [2.75, 3.05) is 51.1 Å². The van der Waals surface area contributed by atoms with Gasteiger partial charge in [-0.3, -0.25) is 14.7 Å². The third-order valence-electron chi connectivity index (χ3n) is 8.68. The highest BCUT2D eigenvalue weighted by atomic mass is 35.5. The SMILES string of the molecule is CC[C@H](N)C1C2CN(CCc3ccc(-n4ccc(NC(=O)N5CCN(C(=O)C(C)(C)N)CC5)nc4=O)cc3)CC21.Cl. The highest BCUT2D eigenvalue weighted by Crippen LogP contribution is 2.53. The third-order valence-corrected chi connectivity index (χ3v) is 8.68. The summed E-state index contributed by atoms with van der Waals surface area (Å²) in [5.41, 5.74) is 12.7. The summed E-state index contributed by atoms with van der Waals surface area (Å²) in [6.07, 6.45) is 3.65. The van der Waals surface area contributed by atoms with E-state index in [1.807, 2.05) is 12.1 Å². The van der Waals surface area contributed by atoms with E-state index in [-0.39, 0.29) is 30.2 Å². The van der Waals surface area contributed by atoms with Crippen molar-refractivity contribution in [3.8, 4) is 5.69 Å². The Hall–Kier alpha value is -2.99. The summed E-state index contributed by atoms with van der Waals surface area (Å²) in [6.45, 7) is 10.5. The van der Waals surface area contributed by atoms with Crippen LogP contribution in [0.1, 0.15) is 32.8 Å². The van der Waals surface area contributed by atoms with E-state index >= 15 is 0 Å². The van der Waals surface area contributed by atoms with E-state index in [2.05, 4.69) is 34.3 Å². The third kappa shape index (κ3) is 6.91. The van der Waals surface area contributed by atoms with Gasteiger partial charge >= 0.3 is 11.7 Å². The van der Waals surface area contributed by atoms with Gasteiger partial charge in [-0.25, -0.2) is 9.59 Å². The number of carbonyl (C=O) groups excluding carboxylic acids is 2. The van der Waals surface area contributed by atoms with Crippen LogP contribution in [0.4, 0.5) is 10.6 Å². The fourth-order valence-electron chi connectivity index (χ4n) is 6.24. The van der Waals surface area contributed by atoms with Crippen LogP contribution in [0.2, 0.25) is 0 Å². The quantitative estimate of drug-likeness (QED) is 0.425. The van der Waals surface area contributed by atoms with Crippen LogP contribution in [-0.2, 0) is 11.2 Å². The van der Waals surface area contributed by atoms with E-state index in [4.69, 9.17) is 11.5 Å². The van der Waals surface area contributed by atoms with Crippen LogP contribution in [0.25, 0.3) is 5.69 Å². The zero-order valence-corrected chi connectivity index (χ0v) is 25.0. The average Bonchev–Trinajstić information content (AvgIpc) is 3.44. The Balaban J connectivity index is 0.00000387. The number of anilines is 1. The zero-order chi connectivity index (χ0) is 28.6. The van der Waals surface area contributed by atoms with Crippen LogP contribution in [-0.4, -0.2) is 93.6 Å². The molecule has 3 atom stereocenters. The fourth-order valence-corrected chi connectivity index (χ4v) is 6.24. The van der Waals surface area contributed by atoms with E-state index in [1.165, 1.54) is 10.1 Å². The Bertz CT molecular complexity index is 1270. The molecule has 0 radical (unpaired) electrons. The average molecular weight is 587 g/mol. The molecule has 2 aromatic rings. The maximum Gasteiger partial charge on any atom is 0.354 e. The molecule has 3 heterocycles. The molecule has 2 unspecified atom stereocenters. The summed E-state index contributed by atoms with van der Waals surface area (Å²) < 4.78 is 1.46. The second-order valence-electron chi connectivity index (χ2n) is 12.0. The van der Waals surface area contributed by atoms with Gasteiger partial charge in [-0.1, -0.05) is 19.1 Å². The Morgan fingerprint density at radius 2 is 1.66 bits per heavy atom. The smallest absolute Gasteiger partial charge is 0.338 e. The molecule has 41 heavy (non-hydrogen) atoms. The molecule has 1 aliphatic carbocycles. The van der Waals surface area contributed by atoms with Crippen LogP contribution >= 0.6 is 12.4 Å². The number of fused-ring (bicyclic) bond motifs is 1. The van der Waals surface area contributed by atoms with E-state index < -0.39 is 11.2 Å². The van der Waals surface area contributed by atoms with Gasteiger partial charge in [-0.05, 0) is 68.2 Å². The molecule has 11 nitrogen and oxygen atoms in total. The molecule has 2 saturated heterocycles. The van der Waals surface area contributed by atoms with Crippen molar-refractivity contribution in [2.45, 2.75) is 45.2 Å². The number of rotatable bonds is 8. The number of hydrogen-bond acceptors (Lipinski definition) is 7. The van der Waals surface area contributed by atoms with Gasteiger partial charge in [-0.2, -0.15) is 4.98 Å². The molecule has 0 bridgehead atoms. The van der Waals surface area contributed by atoms with Gasteiger partial charge in [0, 0.05) is 58.1 Å².